The lowest BCUT2D eigenvalue weighted by Crippen LogP contribution is -2.48. The predicted octanol–water partition coefficient (Wildman–Crippen LogP) is 7.36. The molecule has 4 heteroatoms. The molecule has 0 N–H and O–H groups in total. The second-order valence-electron chi connectivity index (χ2n) is 11.0. The average Bonchev–Trinajstić information content (AvgIpc) is 2.62. The summed E-state index contributed by atoms with van der Waals surface area (Å²) in [6.07, 6.45) is 11.0. The predicted molar refractivity (Wildman–Crippen MR) is 129 cm³/mol. The molecule has 30 heavy (non-hydrogen) atoms. The van der Waals surface area contributed by atoms with E-state index in [9.17, 15) is 4.79 Å². The maximum Gasteiger partial charge on any atom is 0.193 e. The maximum absolute atomic E-state index is 14.1. The van der Waals surface area contributed by atoms with Crippen molar-refractivity contribution in [3.8, 4) is 0 Å². The monoisotopic (exact) mass is 432 g/mol. The second-order valence-corrected chi connectivity index (χ2v) is 15.7. The Balaban J connectivity index is 2.61. The quantitative estimate of drug-likeness (QED) is 0.344. The van der Waals surface area contributed by atoms with Gasteiger partial charge in [-0.3, -0.25) is 4.79 Å². The lowest BCUT2D eigenvalue weighted by atomic mass is 9.63. The van der Waals surface area contributed by atoms with E-state index in [1.54, 1.807) is 0 Å². The summed E-state index contributed by atoms with van der Waals surface area (Å²) in [4.78, 5) is 14.1. The van der Waals surface area contributed by atoms with Crippen molar-refractivity contribution in [3.63, 3.8) is 0 Å². The molecule has 170 valence electrons. The molecule has 0 spiro atoms. The molecule has 0 fully saturated rings. The van der Waals surface area contributed by atoms with Crippen LogP contribution in [-0.2, 0) is 14.0 Å². The third-order valence-corrected chi connectivity index (χ3v) is 12.1. The number of ether oxygens (including phenoxy) is 1. The van der Waals surface area contributed by atoms with Gasteiger partial charge in [-0.1, -0.05) is 58.4 Å². The fourth-order valence-corrected chi connectivity index (χ4v) is 5.31. The molecule has 3 atom stereocenters. The van der Waals surface area contributed by atoms with Gasteiger partial charge in [-0.2, -0.15) is 0 Å². The summed E-state index contributed by atoms with van der Waals surface area (Å²) in [7, 11) is -2.08. The minimum Gasteiger partial charge on any atom is -0.498 e. The van der Waals surface area contributed by atoms with Gasteiger partial charge in [0.2, 0.25) is 0 Å². The Morgan fingerprint density at radius 3 is 2.50 bits per heavy atom. The van der Waals surface area contributed by atoms with Crippen molar-refractivity contribution < 1.29 is 14.0 Å². The Morgan fingerprint density at radius 1 is 1.23 bits per heavy atom. The number of allylic oxidation sites excluding steroid dienone is 4. The highest BCUT2D eigenvalue weighted by atomic mass is 28.4. The van der Waals surface area contributed by atoms with Crippen LogP contribution in [0.4, 0.5) is 0 Å². The van der Waals surface area contributed by atoms with Gasteiger partial charge in [0.1, 0.15) is 5.76 Å². The van der Waals surface area contributed by atoms with Crippen molar-refractivity contribution in [1.82, 2.24) is 0 Å². The lowest BCUT2D eigenvalue weighted by Gasteiger charge is -2.44. The Bertz CT molecular complexity index is 723. The third-order valence-electron chi connectivity index (χ3n) is 7.65. The highest BCUT2D eigenvalue weighted by molar-refractivity contribution is 6.74. The van der Waals surface area contributed by atoms with Crippen LogP contribution in [0.15, 0.2) is 35.1 Å². The fourth-order valence-electron chi connectivity index (χ4n) is 4.12. The van der Waals surface area contributed by atoms with Crippen LogP contribution < -0.4 is 0 Å². The topological polar surface area (TPSA) is 35.5 Å². The van der Waals surface area contributed by atoms with Crippen molar-refractivity contribution in [1.29, 1.82) is 0 Å². The molecule has 2 rings (SSSR count). The summed E-state index contributed by atoms with van der Waals surface area (Å²) in [6, 6.07) is 0. The minimum atomic E-state index is -2.08. The van der Waals surface area contributed by atoms with Gasteiger partial charge in [0, 0.05) is 11.8 Å². The summed E-state index contributed by atoms with van der Waals surface area (Å²) in [6.45, 7) is 20.4. The van der Waals surface area contributed by atoms with Gasteiger partial charge in [-0.15, -0.1) is 0 Å². The van der Waals surface area contributed by atoms with Crippen LogP contribution >= 0.6 is 0 Å². The second kappa shape index (κ2) is 9.56. The average molecular weight is 433 g/mol. The van der Waals surface area contributed by atoms with Gasteiger partial charge in [-0.05, 0) is 63.6 Å². The van der Waals surface area contributed by atoms with Gasteiger partial charge in [0.25, 0.3) is 0 Å². The molecule has 0 saturated carbocycles. The number of fused-ring (bicyclic) bond motifs is 2. The van der Waals surface area contributed by atoms with Crippen molar-refractivity contribution in [2.75, 3.05) is 6.61 Å². The molecule has 0 aromatic rings. The molecule has 2 aliphatic carbocycles. The Hall–Kier alpha value is -1.13. The lowest BCUT2D eigenvalue weighted by molar-refractivity contribution is -0.129. The number of hydrogen-bond donors (Lipinski definition) is 0. The van der Waals surface area contributed by atoms with Crippen LogP contribution in [0, 0.1) is 11.3 Å². The Labute approximate surface area is 186 Å². The van der Waals surface area contributed by atoms with E-state index >= 15 is 0 Å². The van der Waals surface area contributed by atoms with Crippen molar-refractivity contribution >= 4 is 14.1 Å². The third kappa shape index (κ3) is 5.37. The molecule has 1 unspecified atom stereocenters. The van der Waals surface area contributed by atoms with Crippen LogP contribution in [0.5, 0.6) is 0 Å². The number of Topliss-reactive ketones (excluding diaryl/α,β-unsaturated/α-hetero) is 1. The van der Waals surface area contributed by atoms with E-state index in [-0.39, 0.29) is 28.3 Å². The van der Waals surface area contributed by atoms with Crippen LogP contribution in [0.2, 0.25) is 18.1 Å². The molecule has 0 radical (unpaired) electrons. The van der Waals surface area contributed by atoms with Crippen molar-refractivity contribution in [2.24, 2.45) is 11.3 Å². The molecule has 0 amide bonds. The zero-order chi connectivity index (χ0) is 22.7. The number of carbonyl (C=O) groups is 1. The van der Waals surface area contributed by atoms with Crippen LogP contribution in [0.25, 0.3) is 0 Å². The molecule has 0 aromatic heterocycles. The Kier molecular flexibility index (Phi) is 8.01. The van der Waals surface area contributed by atoms with Crippen LogP contribution in [-0.4, -0.2) is 26.8 Å². The summed E-state index contributed by atoms with van der Waals surface area (Å²) in [5.74, 6) is 1.33. The number of rotatable bonds is 4. The van der Waals surface area contributed by atoms with E-state index < -0.39 is 8.32 Å². The fraction of sp³-hybridized carbons (Fsp3) is 0.731. The first-order valence-electron chi connectivity index (χ1n) is 11.7. The molecule has 2 bridgehead atoms. The SMILES string of the molecule is CCOC1=C2C(=O)[C@](C)(CC/C(C)=C/CC/C=C\C2O[Si](C)(C)C(C)(C)C)[C@H](C)C1. The minimum absolute atomic E-state index is 0.0744. The standard InChI is InChI=1S/C26H44O3Si/c1-10-28-22-18-20(3)26(7)17-16-19(2)14-12-11-13-15-21(23(22)24(26)27)29-30(8,9)25(4,5)6/h13-15,20-21H,10-12,16-18H2,1-9H3/b15-13-,19-14+/t20-,21?,26-/m1/s1. The van der Waals surface area contributed by atoms with E-state index in [4.69, 9.17) is 9.16 Å². The van der Waals surface area contributed by atoms with E-state index in [0.717, 1.165) is 43.4 Å². The zero-order valence-corrected chi connectivity index (χ0v) is 21.9. The molecule has 0 aromatic carbocycles. The summed E-state index contributed by atoms with van der Waals surface area (Å²) in [5, 5.41) is 0.0744. The van der Waals surface area contributed by atoms with Crippen LogP contribution in [0.3, 0.4) is 0 Å². The summed E-state index contributed by atoms with van der Waals surface area (Å²) in [5.41, 5.74) is 1.79. The molecule has 0 aliphatic heterocycles. The molecule has 3 nitrogen and oxygen atoms in total. The first-order chi connectivity index (χ1) is 13.8. The molecule has 0 saturated heterocycles. The van der Waals surface area contributed by atoms with E-state index in [2.05, 4.69) is 72.9 Å². The van der Waals surface area contributed by atoms with E-state index in [1.165, 1.54) is 5.57 Å². The van der Waals surface area contributed by atoms with E-state index in [1.807, 2.05) is 6.92 Å². The van der Waals surface area contributed by atoms with Gasteiger partial charge in [-0.25, -0.2) is 0 Å². The molecular weight excluding hydrogens is 388 g/mol. The largest absolute Gasteiger partial charge is 0.498 e. The van der Waals surface area contributed by atoms with Gasteiger partial charge in [0.15, 0.2) is 14.1 Å². The summed E-state index contributed by atoms with van der Waals surface area (Å²) >= 11 is 0. The van der Waals surface area contributed by atoms with Crippen LogP contribution in [0.1, 0.15) is 80.6 Å². The zero-order valence-electron chi connectivity index (χ0n) is 20.9. The highest BCUT2D eigenvalue weighted by Crippen LogP contribution is 2.47. The van der Waals surface area contributed by atoms with Crippen molar-refractivity contribution in [3.05, 3.63) is 35.1 Å². The van der Waals surface area contributed by atoms with E-state index in [0.29, 0.717) is 6.61 Å². The smallest absolute Gasteiger partial charge is 0.193 e. The highest BCUT2D eigenvalue weighted by Gasteiger charge is 2.49. The van der Waals surface area contributed by atoms with Gasteiger partial charge < -0.3 is 9.16 Å². The summed E-state index contributed by atoms with van der Waals surface area (Å²) < 4.78 is 12.9. The van der Waals surface area contributed by atoms with Gasteiger partial charge >= 0.3 is 0 Å². The first kappa shape index (κ1) is 25.1. The molecule has 0 heterocycles. The normalized spacial score (nSPS) is 32.0. The number of carbonyl (C=O) groups excluding carboxylic acids is 1. The number of hydrogen-bond acceptors (Lipinski definition) is 3. The molecule has 2 aliphatic rings. The molecular formula is C26H44O3Si. The van der Waals surface area contributed by atoms with Gasteiger partial charge in [0.05, 0.1) is 18.3 Å². The first-order valence-corrected chi connectivity index (χ1v) is 14.6. The van der Waals surface area contributed by atoms with Crippen molar-refractivity contribution in [2.45, 2.75) is 105 Å². The Morgan fingerprint density at radius 2 is 1.90 bits per heavy atom. The number of ketones is 1. The maximum atomic E-state index is 14.1.